The van der Waals surface area contributed by atoms with Gasteiger partial charge in [0.1, 0.15) is 18.1 Å². The Morgan fingerprint density at radius 1 is 0.909 bits per heavy atom. The Morgan fingerprint density at radius 2 is 1.55 bits per heavy atom. The van der Waals surface area contributed by atoms with E-state index in [0.29, 0.717) is 18.1 Å². The highest BCUT2D eigenvalue weighted by molar-refractivity contribution is 7.89. The molecule has 0 spiro atoms. The Labute approximate surface area is 130 Å². The van der Waals surface area contributed by atoms with Crippen molar-refractivity contribution in [3.8, 4) is 11.5 Å². The number of hydrogen-bond acceptors (Lipinski definition) is 4. The van der Waals surface area contributed by atoms with Gasteiger partial charge < -0.3 is 9.47 Å². The van der Waals surface area contributed by atoms with Crippen molar-refractivity contribution in [2.24, 2.45) is 0 Å². The Bertz CT molecular complexity index is 669. The van der Waals surface area contributed by atoms with E-state index in [1.165, 1.54) is 12.1 Å². The normalized spacial score (nSPS) is 11.1. The zero-order valence-electron chi connectivity index (χ0n) is 12.4. The second-order valence-corrected chi connectivity index (χ2v) is 6.23. The van der Waals surface area contributed by atoms with Crippen molar-refractivity contribution in [1.82, 2.24) is 4.72 Å². The molecule has 5 nitrogen and oxygen atoms in total. The first-order valence-electron chi connectivity index (χ1n) is 7.02. The van der Waals surface area contributed by atoms with Crippen LogP contribution in [0, 0.1) is 0 Å². The number of sulfonamides is 1. The van der Waals surface area contributed by atoms with Gasteiger partial charge in [0.15, 0.2) is 0 Å². The minimum Gasteiger partial charge on any atom is -0.494 e. The SMILES string of the molecule is CCOc1ccc(S(=O)(=O)NCCOc2ccccc2)cc1. The highest BCUT2D eigenvalue weighted by Crippen LogP contribution is 2.15. The fourth-order valence-corrected chi connectivity index (χ4v) is 2.84. The summed E-state index contributed by atoms with van der Waals surface area (Å²) in [5, 5.41) is 0. The zero-order valence-corrected chi connectivity index (χ0v) is 13.2. The van der Waals surface area contributed by atoms with Gasteiger partial charge in [-0.15, -0.1) is 0 Å². The van der Waals surface area contributed by atoms with Gasteiger partial charge in [0.2, 0.25) is 10.0 Å². The minimum atomic E-state index is -3.53. The Hall–Kier alpha value is -2.05. The molecule has 1 N–H and O–H groups in total. The molecule has 118 valence electrons. The maximum atomic E-state index is 12.1. The molecule has 0 saturated heterocycles. The monoisotopic (exact) mass is 321 g/mol. The van der Waals surface area contributed by atoms with Crippen LogP contribution in [0.25, 0.3) is 0 Å². The average Bonchev–Trinajstić information content (AvgIpc) is 2.53. The van der Waals surface area contributed by atoms with Crippen LogP contribution in [0.3, 0.4) is 0 Å². The van der Waals surface area contributed by atoms with Crippen LogP contribution in [0.15, 0.2) is 59.5 Å². The number of benzene rings is 2. The van der Waals surface area contributed by atoms with Gasteiger partial charge in [0, 0.05) is 6.54 Å². The number of hydrogen-bond donors (Lipinski definition) is 1. The van der Waals surface area contributed by atoms with Gasteiger partial charge in [0.25, 0.3) is 0 Å². The maximum absolute atomic E-state index is 12.1. The fraction of sp³-hybridized carbons (Fsp3) is 0.250. The standard InChI is InChI=1S/C16H19NO4S/c1-2-20-15-8-10-16(11-9-15)22(18,19)17-12-13-21-14-6-4-3-5-7-14/h3-11,17H,2,12-13H2,1H3. The summed E-state index contributed by atoms with van der Waals surface area (Å²) in [6.07, 6.45) is 0. The summed E-state index contributed by atoms with van der Waals surface area (Å²) in [6.45, 7) is 2.88. The molecule has 0 aliphatic rings. The molecule has 0 aliphatic heterocycles. The molecule has 0 fully saturated rings. The Morgan fingerprint density at radius 3 is 2.18 bits per heavy atom. The molecule has 0 amide bonds. The van der Waals surface area contributed by atoms with E-state index in [1.54, 1.807) is 12.1 Å². The number of rotatable bonds is 8. The molecule has 0 saturated carbocycles. The summed E-state index contributed by atoms with van der Waals surface area (Å²) in [4.78, 5) is 0.204. The van der Waals surface area contributed by atoms with Crippen LogP contribution < -0.4 is 14.2 Å². The van der Waals surface area contributed by atoms with Crippen molar-refractivity contribution < 1.29 is 17.9 Å². The first-order chi connectivity index (χ1) is 10.6. The maximum Gasteiger partial charge on any atom is 0.240 e. The van der Waals surface area contributed by atoms with Crippen molar-refractivity contribution in [2.45, 2.75) is 11.8 Å². The molecule has 0 bridgehead atoms. The largest absolute Gasteiger partial charge is 0.494 e. The second-order valence-electron chi connectivity index (χ2n) is 4.46. The smallest absolute Gasteiger partial charge is 0.240 e. The third kappa shape index (κ3) is 4.75. The summed E-state index contributed by atoms with van der Waals surface area (Å²) < 4.78 is 37.4. The first-order valence-corrected chi connectivity index (χ1v) is 8.50. The zero-order chi connectivity index (χ0) is 15.8. The molecule has 2 aromatic rings. The molecule has 6 heteroatoms. The van der Waals surface area contributed by atoms with E-state index < -0.39 is 10.0 Å². The molecule has 0 aromatic heterocycles. The van der Waals surface area contributed by atoms with Gasteiger partial charge in [-0.2, -0.15) is 0 Å². The van der Waals surface area contributed by atoms with E-state index in [9.17, 15) is 8.42 Å². The van der Waals surface area contributed by atoms with Gasteiger partial charge >= 0.3 is 0 Å². The molecule has 22 heavy (non-hydrogen) atoms. The molecule has 0 aliphatic carbocycles. The highest BCUT2D eigenvalue weighted by Gasteiger charge is 2.13. The van der Waals surface area contributed by atoms with Gasteiger partial charge in [-0.05, 0) is 43.3 Å². The summed E-state index contributed by atoms with van der Waals surface area (Å²) in [5.41, 5.74) is 0. The predicted molar refractivity (Wildman–Crippen MR) is 84.7 cm³/mol. The van der Waals surface area contributed by atoms with Crippen molar-refractivity contribution in [3.05, 3.63) is 54.6 Å². The van der Waals surface area contributed by atoms with Crippen LogP contribution in [0.2, 0.25) is 0 Å². The molecular formula is C16H19NO4S. The molecule has 2 aromatic carbocycles. The predicted octanol–water partition coefficient (Wildman–Crippen LogP) is 2.44. The van der Waals surface area contributed by atoms with Crippen LogP contribution in [-0.2, 0) is 10.0 Å². The lowest BCUT2D eigenvalue weighted by molar-refractivity contribution is 0.323. The van der Waals surface area contributed by atoms with Crippen molar-refractivity contribution in [3.63, 3.8) is 0 Å². The number of ether oxygens (including phenoxy) is 2. The van der Waals surface area contributed by atoms with Crippen molar-refractivity contribution in [2.75, 3.05) is 19.8 Å². The van der Waals surface area contributed by atoms with Crippen molar-refractivity contribution >= 4 is 10.0 Å². The topological polar surface area (TPSA) is 64.6 Å². The number of para-hydroxylation sites is 1. The molecule has 0 unspecified atom stereocenters. The number of nitrogens with one attached hydrogen (secondary N) is 1. The molecule has 0 radical (unpaired) electrons. The van der Waals surface area contributed by atoms with E-state index in [4.69, 9.17) is 9.47 Å². The summed E-state index contributed by atoms with van der Waals surface area (Å²) in [5.74, 6) is 1.36. The molecule has 0 atom stereocenters. The van der Waals surface area contributed by atoms with E-state index in [-0.39, 0.29) is 18.0 Å². The van der Waals surface area contributed by atoms with Gasteiger partial charge in [0.05, 0.1) is 11.5 Å². The average molecular weight is 321 g/mol. The third-order valence-electron chi connectivity index (χ3n) is 2.85. The summed E-state index contributed by atoms with van der Waals surface area (Å²) >= 11 is 0. The van der Waals surface area contributed by atoms with Crippen LogP contribution in [0.1, 0.15) is 6.92 Å². The van der Waals surface area contributed by atoms with E-state index >= 15 is 0 Å². The van der Waals surface area contributed by atoms with E-state index in [0.717, 1.165) is 0 Å². The molecular weight excluding hydrogens is 302 g/mol. The van der Waals surface area contributed by atoms with Crippen LogP contribution in [0.4, 0.5) is 0 Å². The Kier molecular flexibility index (Phi) is 5.80. The van der Waals surface area contributed by atoms with Gasteiger partial charge in [-0.25, -0.2) is 13.1 Å². The van der Waals surface area contributed by atoms with Crippen LogP contribution >= 0.6 is 0 Å². The first kappa shape index (κ1) is 16.3. The van der Waals surface area contributed by atoms with E-state index in [2.05, 4.69) is 4.72 Å². The molecule has 2 rings (SSSR count). The highest BCUT2D eigenvalue weighted by atomic mass is 32.2. The second kappa shape index (κ2) is 7.82. The van der Waals surface area contributed by atoms with Crippen molar-refractivity contribution in [1.29, 1.82) is 0 Å². The Balaban J connectivity index is 1.85. The lowest BCUT2D eigenvalue weighted by Gasteiger charge is -2.09. The summed E-state index contributed by atoms with van der Waals surface area (Å²) in [7, 11) is -3.53. The fourth-order valence-electron chi connectivity index (χ4n) is 1.83. The van der Waals surface area contributed by atoms with Crippen LogP contribution in [0.5, 0.6) is 11.5 Å². The van der Waals surface area contributed by atoms with Crippen LogP contribution in [-0.4, -0.2) is 28.2 Å². The molecule has 0 heterocycles. The lowest BCUT2D eigenvalue weighted by atomic mass is 10.3. The third-order valence-corrected chi connectivity index (χ3v) is 4.33. The minimum absolute atomic E-state index is 0.199. The van der Waals surface area contributed by atoms with Gasteiger partial charge in [-0.1, -0.05) is 18.2 Å². The van der Waals surface area contributed by atoms with Gasteiger partial charge in [-0.3, -0.25) is 0 Å². The quantitative estimate of drug-likeness (QED) is 0.759. The summed E-state index contributed by atoms with van der Waals surface area (Å²) in [6, 6.07) is 15.6. The van der Waals surface area contributed by atoms with E-state index in [1.807, 2.05) is 37.3 Å². The lowest BCUT2D eigenvalue weighted by Crippen LogP contribution is -2.28.